The number of hydrogen-bond acceptors (Lipinski definition) is 2. The molecular formula is C19H30N2O2. The third-order valence-electron chi connectivity index (χ3n) is 5.01. The molecule has 1 fully saturated rings. The van der Waals surface area contributed by atoms with Gasteiger partial charge in [0, 0.05) is 24.6 Å². The first kappa shape index (κ1) is 17.8. The van der Waals surface area contributed by atoms with Crippen molar-refractivity contribution in [3.8, 4) is 0 Å². The number of benzene rings is 1. The highest BCUT2D eigenvalue weighted by Gasteiger charge is 2.25. The number of aryl methyl sites for hydroxylation is 1. The van der Waals surface area contributed by atoms with Gasteiger partial charge in [0.2, 0.25) is 0 Å². The van der Waals surface area contributed by atoms with Crippen LogP contribution in [0.5, 0.6) is 0 Å². The summed E-state index contributed by atoms with van der Waals surface area (Å²) in [6.07, 6.45) is 3.91. The molecule has 4 heteroatoms. The maximum Gasteiger partial charge on any atom is 0.315 e. The molecule has 0 aliphatic heterocycles. The second-order valence-corrected chi connectivity index (χ2v) is 7.43. The minimum Gasteiger partial charge on any atom is -0.396 e. The number of amides is 2. The third kappa shape index (κ3) is 4.96. The molecule has 0 unspecified atom stereocenters. The molecule has 23 heavy (non-hydrogen) atoms. The van der Waals surface area contributed by atoms with Gasteiger partial charge in [0.05, 0.1) is 0 Å². The van der Waals surface area contributed by atoms with Crippen LogP contribution < -0.4 is 10.6 Å². The van der Waals surface area contributed by atoms with Crippen LogP contribution in [0.1, 0.15) is 50.7 Å². The Morgan fingerprint density at radius 2 is 1.87 bits per heavy atom. The molecule has 1 aromatic carbocycles. The highest BCUT2D eigenvalue weighted by Crippen LogP contribution is 2.26. The van der Waals surface area contributed by atoms with E-state index in [4.69, 9.17) is 5.11 Å². The summed E-state index contributed by atoms with van der Waals surface area (Å²) in [6.45, 7) is 7.29. The van der Waals surface area contributed by atoms with Crippen LogP contribution in [0.4, 0.5) is 4.79 Å². The predicted molar refractivity (Wildman–Crippen MR) is 93.6 cm³/mol. The van der Waals surface area contributed by atoms with Gasteiger partial charge in [0.1, 0.15) is 0 Å². The molecule has 0 heterocycles. The van der Waals surface area contributed by atoms with Crippen LogP contribution in [0, 0.1) is 12.8 Å². The van der Waals surface area contributed by atoms with Gasteiger partial charge in [-0.05, 0) is 49.7 Å². The van der Waals surface area contributed by atoms with Crippen molar-refractivity contribution in [2.75, 3.05) is 13.2 Å². The van der Waals surface area contributed by atoms with Crippen molar-refractivity contribution in [3.63, 3.8) is 0 Å². The molecule has 0 aromatic heterocycles. The Hall–Kier alpha value is -1.55. The average molecular weight is 318 g/mol. The van der Waals surface area contributed by atoms with E-state index in [-0.39, 0.29) is 24.1 Å². The maximum absolute atomic E-state index is 12.2. The SMILES string of the molecule is Cc1ccccc1C(C)(C)CNC(=O)NC1CCC(CO)CC1. The van der Waals surface area contributed by atoms with E-state index in [2.05, 4.69) is 43.5 Å². The second kappa shape index (κ2) is 7.82. The molecule has 1 aliphatic carbocycles. The number of hydrogen-bond donors (Lipinski definition) is 3. The molecule has 2 amide bonds. The van der Waals surface area contributed by atoms with Crippen LogP contribution in [0.2, 0.25) is 0 Å². The van der Waals surface area contributed by atoms with Crippen LogP contribution in [0.15, 0.2) is 24.3 Å². The molecule has 1 aliphatic rings. The van der Waals surface area contributed by atoms with Gasteiger partial charge in [-0.2, -0.15) is 0 Å². The zero-order valence-electron chi connectivity index (χ0n) is 14.6. The van der Waals surface area contributed by atoms with Gasteiger partial charge in [0.25, 0.3) is 0 Å². The maximum atomic E-state index is 12.2. The second-order valence-electron chi connectivity index (χ2n) is 7.43. The number of aliphatic hydroxyl groups is 1. The summed E-state index contributed by atoms with van der Waals surface area (Å²) in [4.78, 5) is 12.2. The van der Waals surface area contributed by atoms with Crippen LogP contribution in [0.25, 0.3) is 0 Å². The number of carbonyl (C=O) groups excluding carboxylic acids is 1. The van der Waals surface area contributed by atoms with Crippen molar-refractivity contribution < 1.29 is 9.90 Å². The first-order valence-electron chi connectivity index (χ1n) is 8.63. The summed E-state index contributed by atoms with van der Waals surface area (Å²) < 4.78 is 0. The first-order chi connectivity index (χ1) is 10.9. The standard InChI is InChI=1S/C19H30N2O2/c1-14-6-4-5-7-17(14)19(2,3)13-20-18(23)21-16-10-8-15(12-22)9-11-16/h4-7,15-16,22H,8-13H2,1-3H3,(H2,20,21,23). The molecule has 0 atom stereocenters. The van der Waals surface area contributed by atoms with Crippen LogP contribution in [0.3, 0.4) is 0 Å². The van der Waals surface area contributed by atoms with E-state index in [1.807, 2.05) is 12.1 Å². The summed E-state index contributed by atoms with van der Waals surface area (Å²) >= 11 is 0. The van der Waals surface area contributed by atoms with Crippen molar-refractivity contribution in [3.05, 3.63) is 35.4 Å². The summed E-state index contributed by atoms with van der Waals surface area (Å²) in [5.41, 5.74) is 2.42. The Morgan fingerprint density at radius 1 is 1.22 bits per heavy atom. The van der Waals surface area contributed by atoms with Gasteiger partial charge in [-0.3, -0.25) is 0 Å². The van der Waals surface area contributed by atoms with Gasteiger partial charge < -0.3 is 15.7 Å². The third-order valence-corrected chi connectivity index (χ3v) is 5.01. The van der Waals surface area contributed by atoms with Gasteiger partial charge in [-0.15, -0.1) is 0 Å². The highest BCUT2D eigenvalue weighted by atomic mass is 16.3. The van der Waals surface area contributed by atoms with E-state index in [0.717, 1.165) is 25.7 Å². The average Bonchev–Trinajstić information content (AvgIpc) is 2.54. The zero-order valence-corrected chi connectivity index (χ0v) is 14.6. The Balaban J connectivity index is 1.81. The lowest BCUT2D eigenvalue weighted by molar-refractivity contribution is 0.174. The molecule has 128 valence electrons. The van der Waals surface area contributed by atoms with E-state index >= 15 is 0 Å². The molecule has 0 radical (unpaired) electrons. The van der Waals surface area contributed by atoms with E-state index < -0.39 is 0 Å². The van der Waals surface area contributed by atoms with E-state index in [1.54, 1.807) is 0 Å². The topological polar surface area (TPSA) is 61.4 Å². The number of carbonyl (C=O) groups is 1. The molecule has 0 bridgehead atoms. The molecule has 1 saturated carbocycles. The van der Waals surface area contributed by atoms with Crippen LogP contribution >= 0.6 is 0 Å². The number of rotatable bonds is 5. The van der Waals surface area contributed by atoms with E-state index in [1.165, 1.54) is 11.1 Å². The molecule has 3 N–H and O–H groups in total. The van der Waals surface area contributed by atoms with Gasteiger partial charge >= 0.3 is 6.03 Å². The summed E-state index contributed by atoms with van der Waals surface area (Å²) in [5.74, 6) is 0.413. The lowest BCUT2D eigenvalue weighted by atomic mass is 9.82. The minimum atomic E-state index is -0.1000. The van der Waals surface area contributed by atoms with Crippen molar-refractivity contribution in [2.24, 2.45) is 5.92 Å². The minimum absolute atomic E-state index is 0.0842. The van der Waals surface area contributed by atoms with Crippen LogP contribution in [-0.4, -0.2) is 30.3 Å². The monoisotopic (exact) mass is 318 g/mol. The predicted octanol–water partition coefficient (Wildman–Crippen LogP) is 3.12. The fourth-order valence-corrected chi connectivity index (χ4v) is 3.45. The summed E-state index contributed by atoms with van der Waals surface area (Å²) in [5, 5.41) is 15.3. The largest absolute Gasteiger partial charge is 0.396 e. The summed E-state index contributed by atoms with van der Waals surface area (Å²) in [7, 11) is 0. The normalized spacial score (nSPS) is 21.7. The van der Waals surface area contributed by atoms with Crippen LogP contribution in [-0.2, 0) is 5.41 Å². The fraction of sp³-hybridized carbons (Fsp3) is 0.632. The molecule has 2 rings (SSSR count). The van der Waals surface area contributed by atoms with Crippen molar-refractivity contribution >= 4 is 6.03 Å². The molecule has 0 spiro atoms. The number of urea groups is 1. The molecule has 1 aromatic rings. The molecule has 4 nitrogen and oxygen atoms in total. The lowest BCUT2D eigenvalue weighted by Crippen LogP contribution is -2.47. The van der Waals surface area contributed by atoms with Crippen molar-refractivity contribution in [1.82, 2.24) is 10.6 Å². The van der Waals surface area contributed by atoms with Gasteiger partial charge in [-0.1, -0.05) is 38.1 Å². The Kier molecular flexibility index (Phi) is 6.05. The first-order valence-corrected chi connectivity index (χ1v) is 8.63. The number of aliphatic hydroxyl groups excluding tert-OH is 1. The van der Waals surface area contributed by atoms with E-state index in [9.17, 15) is 4.79 Å². The summed E-state index contributed by atoms with van der Waals surface area (Å²) in [6, 6.07) is 8.47. The molecule has 0 saturated heterocycles. The smallest absolute Gasteiger partial charge is 0.315 e. The Labute approximate surface area is 139 Å². The quantitative estimate of drug-likeness (QED) is 0.781. The van der Waals surface area contributed by atoms with E-state index in [0.29, 0.717) is 12.5 Å². The highest BCUT2D eigenvalue weighted by molar-refractivity contribution is 5.74. The lowest BCUT2D eigenvalue weighted by Gasteiger charge is -2.30. The van der Waals surface area contributed by atoms with Gasteiger partial charge in [0.15, 0.2) is 0 Å². The van der Waals surface area contributed by atoms with Gasteiger partial charge in [-0.25, -0.2) is 4.79 Å². The van der Waals surface area contributed by atoms with Crippen molar-refractivity contribution in [1.29, 1.82) is 0 Å². The zero-order chi connectivity index (χ0) is 16.9. The Bertz CT molecular complexity index is 520. The molecular weight excluding hydrogens is 288 g/mol. The Morgan fingerprint density at radius 3 is 2.48 bits per heavy atom. The number of nitrogens with one attached hydrogen (secondary N) is 2. The van der Waals surface area contributed by atoms with Crippen molar-refractivity contribution in [2.45, 2.75) is 57.9 Å². The fourth-order valence-electron chi connectivity index (χ4n) is 3.45.